The van der Waals surface area contributed by atoms with E-state index in [0.717, 1.165) is 30.3 Å². The van der Waals surface area contributed by atoms with Crippen LogP contribution in [0.3, 0.4) is 0 Å². The summed E-state index contributed by atoms with van der Waals surface area (Å²) in [6, 6.07) is 6.59. The number of sulfonamides is 1. The Morgan fingerprint density at radius 2 is 1.96 bits per heavy atom. The van der Waals surface area contributed by atoms with Crippen molar-refractivity contribution in [3.8, 4) is 11.5 Å². The van der Waals surface area contributed by atoms with Crippen LogP contribution in [0.15, 0.2) is 41.3 Å². The molecule has 2 rings (SSSR count). The molecule has 0 saturated heterocycles. The summed E-state index contributed by atoms with van der Waals surface area (Å²) in [6.07, 6.45) is 0. The zero-order valence-electron chi connectivity index (χ0n) is 11.6. The van der Waals surface area contributed by atoms with Gasteiger partial charge in [-0.2, -0.15) is 0 Å². The largest absolute Gasteiger partial charge is 0.450 e. The van der Waals surface area contributed by atoms with Crippen molar-refractivity contribution in [1.29, 1.82) is 0 Å². The fraction of sp³-hybridized carbons (Fsp3) is 0.0769. The van der Waals surface area contributed by atoms with Crippen LogP contribution in [0.1, 0.15) is 0 Å². The van der Waals surface area contributed by atoms with E-state index in [9.17, 15) is 22.9 Å². The number of hydrogen-bond donors (Lipinski definition) is 1. The number of nitro groups is 1. The van der Waals surface area contributed by atoms with Crippen LogP contribution in [-0.4, -0.2) is 20.4 Å². The first-order valence-corrected chi connectivity index (χ1v) is 7.95. The molecule has 10 heteroatoms. The summed E-state index contributed by atoms with van der Waals surface area (Å²) in [5.74, 6) is -0.791. The number of nitrogens with one attached hydrogen (secondary N) is 1. The minimum atomic E-state index is -3.84. The molecule has 0 saturated carbocycles. The van der Waals surface area contributed by atoms with Gasteiger partial charge in [-0.3, -0.25) is 10.1 Å². The van der Waals surface area contributed by atoms with Gasteiger partial charge in [0.15, 0.2) is 0 Å². The molecule has 122 valence electrons. The molecule has 2 aromatic rings. The van der Waals surface area contributed by atoms with Gasteiger partial charge in [-0.15, -0.1) is 0 Å². The first kappa shape index (κ1) is 17.1. The lowest BCUT2D eigenvalue weighted by molar-refractivity contribution is -0.385. The first-order valence-electron chi connectivity index (χ1n) is 6.09. The van der Waals surface area contributed by atoms with Gasteiger partial charge in [0.1, 0.15) is 11.6 Å². The van der Waals surface area contributed by atoms with E-state index in [2.05, 4.69) is 4.72 Å². The van der Waals surface area contributed by atoms with Gasteiger partial charge >= 0.3 is 5.69 Å². The molecule has 0 amide bonds. The summed E-state index contributed by atoms with van der Waals surface area (Å²) in [5, 5.41) is 10.9. The molecule has 1 N–H and O–H groups in total. The van der Waals surface area contributed by atoms with Gasteiger partial charge in [0, 0.05) is 12.1 Å². The number of rotatable bonds is 5. The number of nitro benzene ring substituents is 1. The zero-order valence-corrected chi connectivity index (χ0v) is 13.2. The molecule has 7 nitrogen and oxygen atoms in total. The molecule has 23 heavy (non-hydrogen) atoms. The highest BCUT2D eigenvalue weighted by Gasteiger charge is 2.22. The van der Waals surface area contributed by atoms with E-state index in [1.807, 2.05) is 0 Å². The standard InChI is InChI=1S/C13H10ClFN2O5S/c1-16-23(20,21)9-3-5-13(12(7-9)17(18)19)22-8-2-4-11(15)10(14)6-8/h2-7,16H,1H3. The van der Waals surface area contributed by atoms with Crippen molar-refractivity contribution in [2.75, 3.05) is 7.05 Å². The maximum Gasteiger partial charge on any atom is 0.312 e. The Morgan fingerprint density at radius 1 is 1.26 bits per heavy atom. The summed E-state index contributed by atoms with van der Waals surface area (Å²) < 4.78 is 43.8. The minimum absolute atomic E-state index is 0.0729. The van der Waals surface area contributed by atoms with Crippen molar-refractivity contribution >= 4 is 27.3 Å². The molecule has 0 bridgehead atoms. The van der Waals surface area contributed by atoms with Crippen molar-refractivity contribution in [3.05, 3.63) is 57.4 Å². The predicted octanol–water partition coefficient (Wildman–Crippen LogP) is 3.09. The molecule has 2 aromatic carbocycles. The van der Waals surface area contributed by atoms with Gasteiger partial charge in [-0.1, -0.05) is 11.6 Å². The van der Waals surface area contributed by atoms with Gasteiger partial charge < -0.3 is 4.74 Å². The van der Waals surface area contributed by atoms with Crippen LogP contribution in [0.5, 0.6) is 11.5 Å². The first-order chi connectivity index (χ1) is 10.7. The van der Waals surface area contributed by atoms with Crippen molar-refractivity contribution in [1.82, 2.24) is 4.72 Å². The second kappa shape index (κ2) is 6.49. The molecule has 0 aliphatic heterocycles. The van der Waals surface area contributed by atoms with E-state index in [0.29, 0.717) is 0 Å². The Balaban J connectivity index is 2.46. The van der Waals surface area contributed by atoms with Crippen LogP contribution in [0, 0.1) is 15.9 Å². The fourth-order valence-electron chi connectivity index (χ4n) is 1.68. The second-order valence-electron chi connectivity index (χ2n) is 4.27. The lowest BCUT2D eigenvalue weighted by Gasteiger charge is -2.08. The number of benzene rings is 2. The minimum Gasteiger partial charge on any atom is -0.450 e. The third-order valence-electron chi connectivity index (χ3n) is 2.83. The molecule has 0 atom stereocenters. The highest BCUT2D eigenvalue weighted by atomic mass is 35.5. The van der Waals surface area contributed by atoms with E-state index in [-0.39, 0.29) is 21.4 Å². The topological polar surface area (TPSA) is 98.5 Å². The molecule has 0 aliphatic rings. The van der Waals surface area contributed by atoms with E-state index < -0.39 is 26.5 Å². The second-order valence-corrected chi connectivity index (χ2v) is 6.57. The highest BCUT2D eigenvalue weighted by molar-refractivity contribution is 7.89. The maximum absolute atomic E-state index is 13.1. The summed E-state index contributed by atoms with van der Waals surface area (Å²) in [6.45, 7) is 0. The highest BCUT2D eigenvalue weighted by Crippen LogP contribution is 2.34. The lowest BCUT2D eigenvalue weighted by atomic mass is 10.3. The molecule has 0 unspecified atom stereocenters. The average molecular weight is 361 g/mol. The van der Waals surface area contributed by atoms with Crippen LogP contribution in [0.2, 0.25) is 5.02 Å². The van der Waals surface area contributed by atoms with Crippen LogP contribution in [0.4, 0.5) is 10.1 Å². The summed E-state index contributed by atoms with van der Waals surface area (Å²) in [4.78, 5) is 10.1. The SMILES string of the molecule is CNS(=O)(=O)c1ccc(Oc2ccc(F)c(Cl)c2)c([N+](=O)[O-])c1. The Bertz CT molecular complexity index is 873. The Kier molecular flexibility index (Phi) is 4.83. The number of halogens is 2. The van der Waals surface area contributed by atoms with E-state index >= 15 is 0 Å². The molecule has 0 heterocycles. The van der Waals surface area contributed by atoms with Crippen molar-refractivity contribution in [3.63, 3.8) is 0 Å². The van der Waals surface area contributed by atoms with E-state index in [1.165, 1.54) is 13.1 Å². The monoisotopic (exact) mass is 360 g/mol. The molecule has 0 aliphatic carbocycles. The molecule has 0 radical (unpaired) electrons. The van der Waals surface area contributed by atoms with E-state index in [1.54, 1.807) is 0 Å². The number of hydrogen-bond acceptors (Lipinski definition) is 5. The zero-order chi connectivity index (χ0) is 17.2. The lowest BCUT2D eigenvalue weighted by Crippen LogP contribution is -2.18. The smallest absolute Gasteiger partial charge is 0.312 e. The van der Waals surface area contributed by atoms with Gasteiger partial charge in [0.05, 0.1) is 14.8 Å². The molecule has 0 aromatic heterocycles. The van der Waals surface area contributed by atoms with Crippen molar-refractivity contribution in [2.45, 2.75) is 4.90 Å². The Morgan fingerprint density at radius 3 is 2.52 bits per heavy atom. The molecule has 0 spiro atoms. The fourth-order valence-corrected chi connectivity index (χ4v) is 2.60. The van der Waals surface area contributed by atoms with Gasteiger partial charge in [0.2, 0.25) is 15.8 Å². The van der Waals surface area contributed by atoms with Gasteiger partial charge in [0.25, 0.3) is 0 Å². The summed E-state index contributed by atoms with van der Waals surface area (Å²) >= 11 is 5.61. The van der Waals surface area contributed by atoms with Gasteiger partial charge in [-0.05, 0) is 31.3 Å². The van der Waals surface area contributed by atoms with Crippen molar-refractivity contribution < 1.29 is 22.5 Å². The van der Waals surface area contributed by atoms with Crippen LogP contribution in [-0.2, 0) is 10.0 Å². The molecular weight excluding hydrogens is 351 g/mol. The Hall–Kier alpha value is -2.23. The normalized spacial score (nSPS) is 11.3. The summed E-state index contributed by atoms with van der Waals surface area (Å²) in [7, 11) is -2.65. The van der Waals surface area contributed by atoms with Gasteiger partial charge in [-0.25, -0.2) is 17.5 Å². The number of nitrogens with zero attached hydrogens (tertiary/aromatic N) is 1. The van der Waals surface area contributed by atoms with Crippen LogP contribution in [0.25, 0.3) is 0 Å². The molecule has 0 fully saturated rings. The Labute approximate surface area is 135 Å². The maximum atomic E-state index is 13.1. The van der Waals surface area contributed by atoms with Crippen LogP contribution < -0.4 is 9.46 Å². The van der Waals surface area contributed by atoms with Crippen molar-refractivity contribution in [2.24, 2.45) is 0 Å². The quantitative estimate of drug-likeness (QED) is 0.652. The number of ether oxygens (including phenoxy) is 1. The predicted molar refractivity (Wildman–Crippen MR) is 80.8 cm³/mol. The van der Waals surface area contributed by atoms with E-state index in [4.69, 9.17) is 16.3 Å². The van der Waals surface area contributed by atoms with Crippen LogP contribution >= 0.6 is 11.6 Å². The third kappa shape index (κ3) is 3.76. The average Bonchev–Trinajstić information content (AvgIpc) is 2.51. The summed E-state index contributed by atoms with van der Waals surface area (Å²) in [5.41, 5.74) is -0.554. The third-order valence-corrected chi connectivity index (χ3v) is 4.53. The molecular formula is C13H10ClFN2O5S.